The highest BCUT2D eigenvalue weighted by Crippen LogP contribution is 2.32. The zero-order valence-electron chi connectivity index (χ0n) is 14.0. The molecule has 0 aromatic heterocycles. The molecule has 122 valence electrons. The van der Waals surface area contributed by atoms with Gasteiger partial charge in [0.25, 0.3) is 5.91 Å². The van der Waals surface area contributed by atoms with E-state index in [9.17, 15) is 13.2 Å². The maximum absolute atomic E-state index is 13.0. The quantitative estimate of drug-likeness (QED) is 0.837. The first-order chi connectivity index (χ1) is 10.1. The van der Waals surface area contributed by atoms with Gasteiger partial charge in [0.2, 0.25) is 0 Å². The van der Waals surface area contributed by atoms with Gasteiger partial charge in [0.1, 0.15) is 0 Å². The summed E-state index contributed by atoms with van der Waals surface area (Å²) in [5.74, 6) is 0.314. The molecule has 1 atom stereocenters. The van der Waals surface area contributed by atoms with E-state index in [2.05, 4.69) is 20.8 Å². The molecular weight excluding hydrogens is 298 g/mol. The molecular formula is C17H25NO3S. The smallest absolute Gasteiger partial charge is 0.254 e. The molecule has 22 heavy (non-hydrogen) atoms. The van der Waals surface area contributed by atoms with Gasteiger partial charge in [-0.15, -0.1) is 0 Å². The minimum Gasteiger partial charge on any atom is -0.333 e. The van der Waals surface area contributed by atoms with Crippen molar-refractivity contribution in [3.63, 3.8) is 0 Å². The number of hydrogen-bond donors (Lipinski definition) is 0. The highest BCUT2D eigenvalue weighted by atomic mass is 32.2. The minimum atomic E-state index is -3.31. The number of carbonyl (C=O) groups excluding carboxylic acids is 1. The molecule has 1 saturated carbocycles. The van der Waals surface area contributed by atoms with Crippen molar-refractivity contribution in [2.24, 2.45) is 5.92 Å². The van der Waals surface area contributed by atoms with E-state index in [1.54, 1.807) is 12.1 Å². The van der Waals surface area contributed by atoms with Crippen molar-refractivity contribution >= 4 is 15.7 Å². The largest absolute Gasteiger partial charge is 0.333 e. The molecule has 0 heterocycles. The standard InChI is InChI=1S/C17H25NO3S/c1-11(2)13(4)18(14-7-8-14)17(19)16-10-15(22(5,20)21)9-6-12(16)3/h6,9-11,13-14H,7-8H2,1-5H3. The van der Waals surface area contributed by atoms with E-state index in [-0.39, 0.29) is 16.8 Å². The molecule has 2 rings (SSSR count). The van der Waals surface area contributed by atoms with Crippen LogP contribution in [0.3, 0.4) is 0 Å². The highest BCUT2D eigenvalue weighted by molar-refractivity contribution is 7.90. The van der Waals surface area contributed by atoms with Crippen molar-refractivity contribution in [3.8, 4) is 0 Å². The van der Waals surface area contributed by atoms with E-state index in [1.165, 1.54) is 12.3 Å². The third kappa shape index (κ3) is 3.51. The summed E-state index contributed by atoms with van der Waals surface area (Å²) in [6.45, 7) is 8.13. The van der Waals surface area contributed by atoms with E-state index >= 15 is 0 Å². The first-order valence-corrected chi connectivity index (χ1v) is 9.65. The molecule has 1 aromatic carbocycles. The van der Waals surface area contributed by atoms with Crippen LogP contribution in [0.25, 0.3) is 0 Å². The fourth-order valence-corrected chi connectivity index (χ4v) is 3.21. The maximum atomic E-state index is 13.0. The molecule has 1 amide bonds. The predicted molar refractivity (Wildman–Crippen MR) is 87.8 cm³/mol. The Morgan fingerprint density at radius 1 is 1.23 bits per heavy atom. The number of carbonyl (C=O) groups is 1. The molecule has 0 bridgehead atoms. The van der Waals surface area contributed by atoms with Crippen LogP contribution in [0.2, 0.25) is 0 Å². The van der Waals surface area contributed by atoms with Gasteiger partial charge < -0.3 is 4.90 Å². The zero-order valence-corrected chi connectivity index (χ0v) is 14.8. The van der Waals surface area contributed by atoms with Crippen LogP contribution in [-0.4, -0.2) is 37.6 Å². The van der Waals surface area contributed by atoms with Crippen molar-refractivity contribution in [2.75, 3.05) is 6.26 Å². The Morgan fingerprint density at radius 2 is 1.82 bits per heavy atom. The lowest BCUT2D eigenvalue weighted by molar-refractivity contribution is 0.0627. The summed E-state index contributed by atoms with van der Waals surface area (Å²) in [6, 6.07) is 5.24. The second-order valence-corrected chi connectivity index (χ2v) is 8.69. The van der Waals surface area contributed by atoms with Gasteiger partial charge in [0.15, 0.2) is 9.84 Å². The van der Waals surface area contributed by atoms with Crippen molar-refractivity contribution in [1.29, 1.82) is 0 Å². The van der Waals surface area contributed by atoms with Crippen LogP contribution in [0.4, 0.5) is 0 Å². The second kappa shape index (κ2) is 6.03. The molecule has 4 nitrogen and oxygen atoms in total. The average molecular weight is 323 g/mol. The third-order valence-corrected chi connectivity index (χ3v) is 5.56. The van der Waals surface area contributed by atoms with Crippen molar-refractivity contribution in [1.82, 2.24) is 4.90 Å². The molecule has 1 unspecified atom stereocenters. The minimum absolute atomic E-state index is 0.0494. The van der Waals surface area contributed by atoms with Crippen LogP contribution >= 0.6 is 0 Å². The number of benzene rings is 1. The van der Waals surface area contributed by atoms with Gasteiger partial charge in [-0.3, -0.25) is 4.79 Å². The summed E-state index contributed by atoms with van der Waals surface area (Å²) >= 11 is 0. The number of hydrogen-bond acceptors (Lipinski definition) is 3. The Bertz CT molecular complexity index is 675. The number of nitrogens with zero attached hydrogens (tertiary/aromatic N) is 1. The van der Waals surface area contributed by atoms with E-state index < -0.39 is 9.84 Å². The van der Waals surface area contributed by atoms with Crippen molar-refractivity contribution in [2.45, 2.75) is 57.5 Å². The predicted octanol–water partition coefficient (Wildman–Crippen LogP) is 3.05. The number of rotatable bonds is 5. The van der Waals surface area contributed by atoms with Crippen LogP contribution < -0.4 is 0 Å². The summed E-state index contributed by atoms with van der Waals surface area (Å²) in [5.41, 5.74) is 1.32. The second-order valence-electron chi connectivity index (χ2n) is 6.68. The van der Waals surface area contributed by atoms with Crippen LogP contribution in [-0.2, 0) is 9.84 Å². The lowest BCUT2D eigenvalue weighted by Crippen LogP contribution is -2.43. The monoisotopic (exact) mass is 323 g/mol. The molecule has 0 N–H and O–H groups in total. The van der Waals surface area contributed by atoms with Gasteiger partial charge in [0, 0.05) is 23.9 Å². The van der Waals surface area contributed by atoms with E-state index in [0.717, 1.165) is 18.4 Å². The molecule has 1 aliphatic carbocycles. The molecule has 1 aromatic rings. The van der Waals surface area contributed by atoms with E-state index in [0.29, 0.717) is 17.5 Å². The van der Waals surface area contributed by atoms with Gasteiger partial charge in [-0.2, -0.15) is 0 Å². The van der Waals surface area contributed by atoms with Gasteiger partial charge in [0.05, 0.1) is 4.90 Å². The molecule has 0 radical (unpaired) electrons. The maximum Gasteiger partial charge on any atom is 0.254 e. The van der Waals surface area contributed by atoms with Crippen LogP contribution in [0.15, 0.2) is 23.1 Å². The van der Waals surface area contributed by atoms with Gasteiger partial charge in [-0.05, 0) is 50.3 Å². The summed E-state index contributed by atoms with van der Waals surface area (Å²) in [6.07, 6.45) is 3.24. The highest BCUT2D eigenvalue weighted by Gasteiger charge is 2.37. The molecule has 1 aliphatic rings. The molecule has 0 saturated heterocycles. The van der Waals surface area contributed by atoms with Gasteiger partial charge in [-0.1, -0.05) is 19.9 Å². The fourth-order valence-electron chi connectivity index (χ4n) is 2.56. The molecule has 0 spiro atoms. The van der Waals surface area contributed by atoms with Crippen LogP contribution in [0.5, 0.6) is 0 Å². The Balaban J connectivity index is 2.43. The number of sulfone groups is 1. The molecule has 1 fully saturated rings. The van der Waals surface area contributed by atoms with Crippen LogP contribution in [0, 0.1) is 12.8 Å². The Hall–Kier alpha value is -1.36. The van der Waals surface area contributed by atoms with Gasteiger partial charge >= 0.3 is 0 Å². The van der Waals surface area contributed by atoms with Crippen LogP contribution in [0.1, 0.15) is 49.5 Å². The zero-order chi connectivity index (χ0) is 16.7. The number of amides is 1. The van der Waals surface area contributed by atoms with Crippen molar-refractivity contribution in [3.05, 3.63) is 29.3 Å². The summed E-state index contributed by atoms with van der Waals surface area (Å²) in [5, 5.41) is 0. The Morgan fingerprint density at radius 3 is 2.27 bits per heavy atom. The number of aryl methyl sites for hydroxylation is 1. The first-order valence-electron chi connectivity index (χ1n) is 7.76. The lowest BCUT2D eigenvalue weighted by Gasteiger charge is -2.32. The van der Waals surface area contributed by atoms with E-state index in [4.69, 9.17) is 0 Å². The van der Waals surface area contributed by atoms with Gasteiger partial charge in [-0.25, -0.2) is 8.42 Å². The summed E-state index contributed by atoms with van der Waals surface area (Å²) in [4.78, 5) is 15.1. The topological polar surface area (TPSA) is 54.5 Å². The first kappa shape index (κ1) is 17.0. The lowest BCUT2D eigenvalue weighted by atomic mass is 10.0. The Kier molecular flexibility index (Phi) is 4.66. The average Bonchev–Trinajstić information content (AvgIpc) is 3.22. The van der Waals surface area contributed by atoms with Crippen molar-refractivity contribution < 1.29 is 13.2 Å². The Labute approximate surface area is 133 Å². The summed E-state index contributed by atoms with van der Waals surface area (Å²) in [7, 11) is -3.31. The molecule has 0 aliphatic heterocycles. The normalized spacial score (nSPS) is 16.6. The fraction of sp³-hybridized carbons (Fsp3) is 0.588. The SMILES string of the molecule is Cc1ccc(S(C)(=O)=O)cc1C(=O)N(C1CC1)C(C)C(C)C. The molecule has 5 heteroatoms. The summed E-state index contributed by atoms with van der Waals surface area (Å²) < 4.78 is 23.5. The third-order valence-electron chi connectivity index (χ3n) is 4.45. The van der Waals surface area contributed by atoms with E-state index in [1.807, 2.05) is 11.8 Å².